The highest BCUT2D eigenvalue weighted by atomic mass is 16.2. The van der Waals surface area contributed by atoms with Crippen LogP contribution in [0, 0.1) is 0 Å². The monoisotopic (exact) mass is 337 g/mol. The van der Waals surface area contributed by atoms with Crippen molar-refractivity contribution in [2.24, 2.45) is 0 Å². The lowest BCUT2D eigenvalue weighted by Gasteiger charge is -2.23. The van der Waals surface area contributed by atoms with Gasteiger partial charge in [-0.15, -0.1) is 10.2 Å². The number of likely N-dealkylation sites (N-methyl/N-ethyl adjacent to an activating group) is 1. The second-order valence-corrected chi connectivity index (χ2v) is 5.73. The molecular formula is C17H19N7O. The normalized spacial score (nSPS) is 12.1. The topological polar surface area (TPSA) is 99.7 Å². The fourth-order valence-electron chi connectivity index (χ4n) is 2.39. The largest absolute Gasteiger partial charge is 0.309 e. The summed E-state index contributed by atoms with van der Waals surface area (Å²) in [5, 5.41) is 16.8. The lowest BCUT2D eigenvalue weighted by molar-refractivity contribution is -0.120. The number of pyridine rings is 1. The number of aromatic amines is 1. The molecule has 0 aliphatic heterocycles. The molecule has 2 heterocycles. The molecule has 8 nitrogen and oxygen atoms in total. The van der Waals surface area contributed by atoms with Crippen LogP contribution in [-0.4, -0.2) is 49.5 Å². The fourth-order valence-corrected chi connectivity index (χ4v) is 2.39. The minimum absolute atomic E-state index is 0.101. The van der Waals surface area contributed by atoms with Crippen molar-refractivity contribution in [1.82, 2.24) is 30.5 Å². The van der Waals surface area contributed by atoms with E-state index in [0.717, 1.165) is 11.1 Å². The Kier molecular flexibility index (Phi) is 5.10. The van der Waals surface area contributed by atoms with E-state index in [2.05, 4.69) is 30.9 Å². The first kappa shape index (κ1) is 16.7. The molecule has 3 aromatic rings. The van der Waals surface area contributed by atoms with Gasteiger partial charge in [0.15, 0.2) is 0 Å². The van der Waals surface area contributed by atoms with Crippen LogP contribution in [0.25, 0.3) is 11.4 Å². The van der Waals surface area contributed by atoms with E-state index in [1.807, 2.05) is 55.3 Å². The van der Waals surface area contributed by atoms with E-state index < -0.39 is 0 Å². The van der Waals surface area contributed by atoms with Crippen LogP contribution >= 0.6 is 0 Å². The van der Waals surface area contributed by atoms with Gasteiger partial charge in [0.25, 0.3) is 0 Å². The highest BCUT2D eigenvalue weighted by Gasteiger charge is 2.19. The van der Waals surface area contributed by atoms with Crippen molar-refractivity contribution in [3.8, 4) is 11.4 Å². The molecule has 0 aliphatic carbocycles. The molecule has 3 rings (SSSR count). The minimum atomic E-state index is -0.309. The molecule has 128 valence electrons. The maximum Gasteiger partial charge on any atom is 0.242 e. The van der Waals surface area contributed by atoms with Crippen LogP contribution < -0.4 is 5.32 Å². The van der Waals surface area contributed by atoms with E-state index in [1.54, 1.807) is 12.3 Å². The standard InChI is InChI=1S/C17H19N7O/c1-12(17(25)19-15-8-3-4-9-18-15)24(2)11-13-6-5-7-14(10-13)16-20-22-23-21-16/h3-10,12H,11H2,1-2H3,(H,18,19,25)(H,20,21,22,23)/t12-/m0/s1. The number of rotatable bonds is 6. The SMILES string of the molecule is C[C@@H](C(=O)Nc1ccccn1)N(C)Cc1cccc(-c2nn[nH]n2)c1. The van der Waals surface area contributed by atoms with Crippen molar-refractivity contribution in [3.63, 3.8) is 0 Å². The molecule has 1 amide bonds. The number of tetrazole rings is 1. The van der Waals surface area contributed by atoms with Gasteiger partial charge in [0, 0.05) is 18.3 Å². The first-order chi connectivity index (χ1) is 12.1. The van der Waals surface area contributed by atoms with Crippen LogP contribution in [0.4, 0.5) is 5.82 Å². The minimum Gasteiger partial charge on any atom is -0.309 e. The van der Waals surface area contributed by atoms with Crippen LogP contribution in [-0.2, 0) is 11.3 Å². The zero-order valence-electron chi connectivity index (χ0n) is 14.0. The summed E-state index contributed by atoms with van der Waals surface area (Å²) < 4.78 is 0. The van der Waals surface area contributed by atoms with Gasteiger partial charge in [0.1, 0.15) is 5.82 Å². The molecule has 0 unspecified atom stereocenters. The third kappa shape index (κ3) is 4.24. The molecular weight excluding hydrogens is 318 g/mol. The molecule has 1 aromatic carbocycles. The number of nitrogens with zero attached hydrogens (tertiary/aromatic N) is 5. The van der Waals surface area contributed by atoms with E-state index >= 15 is 0 Å². The summed E-state index contributed by atoms with van der Waals surface area (Å²) in [4.78, 5) is 18.4. The number of nitrogens with one attached hydrogen (secondary N) is 2. The first-order valence-corrected chi connectivity index (χ1v) is 7.88. The summed E-state index contributed by atoms with van der Waals surface area (Å²) in [5.41, 5.74) is 1.94. The van der Waals surface area contributed by atoms with E-state index in [0.29, 0.717) is 18.2 Å². The van der Waals surface area contributed by atoms with E-state index in [-0.39, 0.29) is 11.9 Å². The number of anilines is 1. The summed E-state index contributed by atoms with van der Waals surface area (Å²) in [6.07, 6.45) is 1.65. The average Bonchev–Trinajstić information content (AvgIpc) is 3.17. The Morgan fingerprint density at radius 2 is 2.16 bits per heavy atom. The predicted molar refractivity (Wildman–Crippen MR) is 93.4 cm³/mol. The maximum atomic E-state index is 12.4. The van der Waals surface area contributed by atoms with Crippen molar-refractivity contribution in [2.45, 2.75) is 19.5 Å². The highest BCUT2D eigenvalue weighted by molar-refractivity contribution is 5.93. The Hall–Kier alpha value is -3.13. The number of carbonyl (C=O) groups excluding carboxylic acids is 1. The van der Waals surface area contributed by atoms with Gasteiger partial charge in [-0.25, -0.2) is 4.98 Å². The summed E-state index contributed by atoms with van der Waals surface area (Å²) in [6, 6.07) is 12.9. The van der Waals surface area contributed by atoms with Gasteiger partial charge >= 0.3 is 0 Å². The van der Waals surface area contributed by atoms with Gasteiger partial charge in [0.05, 0.1) is 6.04 Å². The Balaban J connectivity index is 1.64. The van der Waals surface area contributed by atoms with Crippen molar-refractivity contribution in [3.05, 3.63) is 54.2 Å². The Labute approximate surface area is 145 Å². The quantitative estimate of drug-likeness (QED) is 0.710. The number of H-pyrrole nitrogens is 1. The highest BCUT2D eigenvalue weighted by Crippen LogP contribution is 2.17. The molecule has 25 heavy (non-hydrogen) atoms. The lowest BCUT2D eigenvalue weighted by atomic mass is 10.1. The molecule has 2 N–H and O–H groups in total. The van der Waals surface area contributed by atoms with Crippen LogP contribution in [0.3, 0.4) is 0 Å². The van der Waals surface area contributed by atoms with Gasteiger partial charge in [-0.1, -0.05) is 24.3 Å². The van der Waals surface area contributed by atoms with Crippen LogP contribution in [0.1, 0.15) is 12.5 Å². The van der Waals surface area contributed by atoms with Gasteiger partial charge in [-0.2, -0.15) is 5.21 Å². The van der Waals surface area contributed by atoms with Crippen molar-refractivity contribution in [1.29, 1.82) is 0 Å². The number of hydrogen-bond acceptors (Lipinski definition) is 6. The van der Waals surface area contributed by atoms with Crippen LogP contribution in [0.2, 0.25) is 0 Å². The summed E-state index contributed by atoms with van der Waals surface area (Å²) in [5.74, 6) is 0.993. The second-order valence-electron chi connectivity index (χ2n) is 5.73. The smallest absolute Gasteiger partial charge is 0.242 e. The molecule has 0 spiro atoms. The van der Waals surface area contributed by atoms with Gasteiger partial charge in [0.2, 0.25) is 11.7 Å². The number of benzene rings is 1. The number of amides is 1. The fraction of sp³-hybridized carbons (Fsp3) is 0.235. The predicted octanol–water partition coefficient (Wildman–Crippen LogP) is 1.72. The zero-order valence-corrected chi connectivity index (χ0v) is 14.0. The molecule has 0 bridgehead atoms. The molecule has 1 atom stereocenters. The molecule has 0 aliphatic rings. The first-order valence-electron chi connectivity index (χ1n) is 7.88. The third-order valence-electron chi connectivity index (χ3n) is 3.92. The third-order valence-corrected chi connectivity index (χ3v) is 3.92. The van der Waals surface area contributed by atoms with Gasteiger partial charge in [-0.3, -0.25) is 9.69 Å². The molecule has 0 saturated heterocycles. The summed E-state index contributed by atoms with van der Waals surface area (Å²) in [7, 11) is 1.91. The number of carbonyl (C=O) groups is 1. The van der Waals surface area contributed by atoms with Gasteiger partial charge < -0.3 is 5.32 Å². The molecule has 0 saturated carbocycles. The van der Waals surface area contributed by atoms with Crippen LogP contribution in [0.15, 0.2) is 48.7 Å². The Morgan fingerprint density at radius 1 is 1.28 bits per heavy atom. The zero-order chi connectivity index (χ0) is 17.6. The van der Waals surface area contributed by atoms with E-state index in [9.17, 15) is 4.79 Å². The van der Waals surface area contributed by atoms with Crippen molar-refractivity contribution in [2.75, 3.05) is 12.4 Å². The van der Waals surface area contributed by atoms with E-state index in [1.165, 1.54) is 0 Å². The lowest BCUT2D eigenvalue weighted by Crippen LogP contribution is -2.39. The average molecular weight is 337 g/mol. The Bertz CT molecular complexity index is 820. The van der Waals surface area contributed by atoms with Crippen LogP contribution in [0.5, 0.6) is 0 Å². The van der Waals surface area contributed by atoms with Crippen molar-refractivity contribution < 1.29 is 4.79 Å². The molecule has 8 heteroatoms. The van der Waals surface area contributed by atoms with Crippen molar-refractivity contribution >= 4 is 11.7 Å². The molecule has 2 aromatic heterocycles. The van der Waals surface area contributed by atoms with Gasteiger partial charge in [-0.05, 0) is 42.9 Å². The molecule has 0 fully saturated rings. The Morgan fingerprint density at radius 3 is 2.88 bits per heavy atom. The maximum absolute atomic E-state index is 12.4. The summed E-state index contributed by atoms with van der Waals surface area (Å²) in [6.45, 7) is 2.48. The number of hydrogen-bond donors (Lipinski definition) is 2. The summed E-state index contributed by atoms with van der Waals surface area (Å²) >= 11 is 0. The van der Waals surface area contributed by atoms with E-state index in [4.69, 9.17) is 0 Å². The molecule has 0 radical (unpaired) electrons. The number of aromatic nitrogens is 5. The second kappa shape index (κ2) is 7.63.